The zero-order valence-corrected chi connectivity index (χ0v) is 13.8. The van der Waals surface area contributed by atoms with Gasteiger partial charge in [0.15, 0.2) is 0 Å². The third-order valence-corrected chi connectivity index (χ3v) is 4.19. The van der Waals surface area contributed by atoms with E-state index in [1.807, 2.05) is 36.4 Å². The van der Waals surface area contributed by atoms with Crippen LogP contribution >= 0.6 is 0 Å². The van der Waals surface area contributed by atoms with Gasteiger partial charge in [-0.15, -0.1) is 0 Å². The maximum Gasteiger partial charge on any atom is 0.311 e. The lowest BCUT2D eigenvalue weighted by Gasteiger charge is -2.09. The smallest absolute Gasteiger partial charge is 0.311 e. The van der Waals surface area contributed by atoms with Gasteiger partial charge in [-0.05, 0) is 46.2 Å². The van der Waals surface area contributed by atoms with E-state index < -0.39 is 4.92 Å². The fraction of sp³-hybridized carbons (Fsp3) is 0. The Bertz CT molecular complexity index is 1110. The Balaban J connectivity index is 1.69. The minimum Gasteiger partial charge on any atom is -0.334 e. The SMILES string of the molecule is O=[N+]([O-])c1cccnc1Nc1cccc(-c2ccc3ccccc3c2)c1. The number of hydrogen-bond donors (Lipinski definition) is 1. The van der Waals surface area contributed by atoms with Crippen molar-refractivity contribution in [3.05, 3.63) is 95.2 Å². The zero-order chi connectivity index (χ0) is 17.9. The molecule has 1 heterocycles. The van der Waals surface area contributed by atoms with E-state index >= 15 is 0 Å². The predicted molar refractivity (Wildman–Crippen MR) is 104 cm³/mol. The average molecular weight is 341 g/mol. The molecule has 0 saturated carbocycles. The van der Waals surface area contributed by atoms with Crippen molar-refractivity contribution in [2.45, 2.75) is 0 Å². The first-order chi connectivity index (χ1) is 12.7. The lowest BCUT2D eigenvalue weighted by atomic mass is 10.0. The second-order valence-electron chi connectivity index (χ2n) is 5.90. The number of hydrogen-bond acceptors (Lipinski definition) is 4. The van der Waals surface area contributed by atoms with Crippen LogP contribution in [0, 0.1) is 10.1 Å². The van der Waals surface area contributed by atoms with Crippen LogP contribution in [0.3, 0.4) is 0 Å². The molecule has 0 amide bonds. The van der Waals surface area contributed by atoms with Crippen LogP contribution in [0.15, 0.2) is 85.1 Å². The average Bonchev–Trinajstić information content (AvgIpc) is 2.68. The second-order valence-corrected chi connectivity index (χ2v) is 5.90. The van der Waals surface area contributed by atoms with Crippen molar-refractivity contribution in [1.29, 1.82) is 0 Å². The van der Waals surface area contributed by atoms with Crippen molar-refractivity contribution in [3.63, 3.8) is 0 Å². The van der Waals surface area contributed by atoms with Crippen LogP contribution < -0.4 is 5.32 Å². The van der Waals surface area contributed by atoms with E-state index in [2.05, 4.69) is 40.6 Å². The summed E-state index contributed by atoms with van der Waals surface area (Å²) in [6.45, 7) is 0. The molecule has 5 heteroatoms. The molecule has 126 valence electrons. The molecule has 0 aliphatic heterocycles. The number of nitrogens with zero attached hydrogens (tertiary/aromatic N) is 2. The molecule has 0 atom stereocenters. The predicted octanol–water partition coefficient (Wildman–Crippen LogP) is 5.55. The number of nitrogens with one attached hydrogen (secondary N) is 1. The summed E-state index contributed by atoms with van der Waals surface area (Å²) < 4.78 is 0. The number of pyridine rings is 1. The van der Waals surface area contributed by atoms with Gasteiger partial charge in [0.05, 0.1) is 4.92 Å². The van der Waals surface area contributed by atoms with Crippen LogP contribution in [-0.4, -0.2) is 9.91 Å². The number of nitro groups is 1. The van der Waals surface area contributed by atoms with Crippen LogP contribution in [-0.2, 0) is 0 Å². The van der Waals surface area contributed by atoms with E-state index in [0.717, 1.165) is 16.8 Å². The highest BCUT2D eigenvalue weighted by atomic mass is 16.6. The van der Waals surface area contributed by atoms with E-state index in [9.17, 15) is 10.1 Å². The third kappa shape index (κ3) is 3.10. The highest BCUT2D eigenvalue weighted by molar-refractivity contribution is 5.87. The first kappa shape index (κ1) is 15.8. The van der Waals surface area contributed by atoms with E-state index in [0.29, 0.717) is 0 Å². The van der Waals surface area contributed by atoms with Gasteiger partial charge in [0.25, 0.3) is 0 Å². The molecule has 0 spiro atoms. The van der Waals surface area contributed by atoms with Gasteiger partial charge in [-0.25, -0.2) is 4.98 Å². The van der Waals surface area contributed by atoms with E-state index in [4.69, 9.17) is 0 Å². The number of anilines is 2. The minimum atomic E-state index is -0.442. The Labute approximate surface area is 150 Å². The normalized spacial score (nSPS) is 10.6. The van der Waals surface area contributed by atoms with E-state index in [1.165, 1.54) is 23.0 Å². The van der Waals surface area contributed by atoms with E-state index in [-0.39, 0.29) is 11.5 Å². The maximum absolute atomic E-state index is 11.2. The summed E-state index contributed by atoms with van der Waals surface area (Å²) in [5.74, 6) is 0.230. The van der Waals surface area contributed by atoms with Crippen LogP contribution in [0.2, 0.25) is 0 Å². The molecule has 4 rings (SSSR count). The van der Waals surface area contributed by atoms with Gasteiger partial charge in [-0.1, -0.05) is 48.5 Å². The van der Waals surface area contributed by atoms with Crippen LogP contribution in [0.5, 0.6) is 0 Å². The molecule has 4 aromatic rings. The molecule has 0 unspecified atom stereocenters. The molecule has 1 aromatic heterocycles. The molecule has 26 heavy (non-hydrogen) atoms. The second kappa shape index (κ2) is 6.64. The van der Waals surface area contributed by atoms with Crippen molar-refractivity contribution >= 4 is 28.0 Å². The molecule has 5 nitrogen and oxygen atoms in total. The van der Waals surface area contributed by atoms with Crippen molar-refractivity contribution in [2.24, 2.45) is 0 Å². The largest absolute Gasteiger partial charge is 0.334 e. The summed E-state index contributed by atoms with van der Waals surface area (Å²) >= 11 is 0. The number of rotatable bonds is 4. The Morgan fingerprint density at radius 3 is 2.46 bits per heavy atom. The monoisotopic (exact) mass is 341 g/mol. The standard InChI is InChI=1S/C21H15N3O2/c25-24(26)20-9-4-12-22-21(20)23-19-8-3-7-17(14-19)18-11-10-15-5-1-2-6-16(15)13-18/h1-14H,(H,22,23). The van der Waals surface area contributed by atoms with Gasteiger partial charge in [0.2, 0.25) is 5.82 Å². The van der Waals surface area contributed by atoms with Crippen molar-refractivity contribution in [3.8, 4) is 11.1 Å². The topological polar surface area (TPSA) is 68.1 Å². The summed E-state index contributed by atoms with van der Waals surface area (Å²) in [4.78, 5) is 14.8. The number of benzene rings is 3. The highest BCUT2D eigenvalue weighted by Crippen LogP contribution is 2.29. The third-order valence-electron chi connectivity index (χ3n) is 4.19. The summed E-state index contributed by atoms with van der Waals surface area (Å²) in [5.41, 5.74) is 2.81. The van der Waals surface area contributed by atoms with Crippen molar-refractivity contribution < 1.29 is 4.92 Å². The first-order valence-electron chi connectivity index (χ1n) is 8.16. The van der Waals surface area contributed by atoms with Crippen molar-refractivity contribution in [2.75, 3.05) is 5.32 Å². The van der Waals surface area contributed by atoms with Crippen LogP contribution in [0.25, 0.3) is 21.9 Å². The fourth-order valence-electron chi connectivity index (χ4n) is 2.92. The summed E-state index contributed by atoms with van der Waals surface area (Å²) in [6, 6.07) is 25.2. The molecule has 0 aliphatic rings. The first-order valence-corrected chi connectivity index (χ1v) is 8.16. The van der Waals surface area contributed by atoms with Gasteiger partial charge >= 0.3 is 5.69 Å². The highest BCUT2D eigenvalue weighted by Gasteiger charge is 2.14. The summed E-state index contributed by atoms with van der Waals surface area (Å²) in [7, 11) is 0. The van der Waals surface area contributed by atoms with Gasteiger partial charge < -0.3 is 5.32 Å². The van der Waals surface area contributed by atoms with Gasteiger partial charge in [0.1, 0.15) is 0 Å². The maximum atomic E-state index is 11.2. The molecule has 1 N–H and O–H groups in total. The summed E-state index contributed by atoms with van der Waals surface area (Å²) in [5, 5.41) is 16.6. The Kier molecular flexibility index (Phi) is 4.03. The lowest BCUT2D eigenvalue weighted by Crippen LogP contribution is -1.99. The van der Waals surface area contributed by atoms with Gasteiger partial charge in [-0.3, -0.25) is 10.1 Å². The Hall–Kier alpha value is -3.73. The molecular formula is C21H15N3O2. The summed E-state index contributed by atoms with van der Waals surface area (Å²) in [6.07, 6.45) is 1.53. The van der Waals surface area contributed by atoms with E-state index in [1.54, 1.807) is 6.07 Å². The quantitative estimate of drug-likeness (QED) is 0.390. The number of fused-ring (bicyclic) bond motifs is 1. The molecule has 0 bridgehead atoms. The Morgan fingerprint density at radius 2 is 1.62 bits per heavy atom. The van der Waals surface area contributed by atoms with Crippen LogP contribution in [0.1, 0.15) is 0 Å². The lowest BCUT2D eigenvalue weighted by molar-refractivity contribution is -0.384. The molecule has 0 radical (unpaired) electrons. The zero-order valence-electron chi connectivity index (χ0n) is 13.8. The number of aromatic nitrogens is 1. The van der Waals surface area contributed by atoms with Gasteiger partial charge in [-0.2, -0.15) is 0 Å². The van der Waals surface area contributed by atoms with Crippen molar-refractivity contribution in [1.82, 2.24) is 4.98 Å². The fourth-order valence-corrected chi connectivity index (χ4v) is 2.92. The Morgan fingerprint density at radius 1 is 0.808 bits per heavy atom. The molecular weight excluding hydrogens is 326 g/mol. The van der Waals surface area contributed by atoms with Gasteiger partial charge in [0, 0.05) is 18.0 Å². The molecule has 0 aliphatic carbocycles. The molecule has 3 aromatic carbocycles. The molecule has 0 saturated heterocycles. The minimum absolute atomic E-state index is 0.0522. The molecule has 0 fully saturated rings. The van der Waals surface area contributed by atoms with Crippen LogP contribution in [0.4, 0.5) is 17.2 Å².